The number of carbonyl (C=O) groups excluding carboxylic acids is 2. The number of hydrogen-bond donors (Lipinski definition) is 3. The summed E-state index contributed by atoms with van der Waals surface area (Å²) in [5.41, 5.74) is 1.22. The SMILES string of the molecule is CNC(=O)c1cccc(NC(=O)C[NH+]2CCCC[C@H]2C)c1. The van der Waals surface area contributed by atoms with Crippen molar-refractivity contribution in [1.29, 1.82) is 0 Å². The summed E-state index contributed by atoms with van der Waals surface area (Å²) < 4.78 is 0. The molecule has 1 aromatic rings. The number of amides is 2. The van der Waals surface area contributed by atoms with Crippen LogP contribution in [0.5, 0.6) is 0 Å². The second-order valence-corrected chi connectivity index (χ2v) is 5.69. The third kappa shape index (κ3) is 4.29. The Labute approximate surface area is 125 Å². The molecule has 0 radical (unpaired) electrons. The van der Waals surface area contributed by atoms with Crippen molar-refractivity contribution in [3.05, 3.63) is 29.8 Å². The van der Waals surface area contributed by atoms with Crippen molar-refractivity contribution in [1.82, 2.24) is 5.32 Å². The van der Waals surface area contributed by atoms with Gasteiger partial charge in [-0.25, -0.2) is 0 Å². The quantitative estimate of drug-likeness (QED) is 0.753. The normalized spacial score (nSPS) is 21.6. The summed E-state index contributed by atoms with van der Waals surface area (Å²) in [6, 6.07) is 7.55. The van der Waals surface area contributed by atoms with Crippen LogP contribution in [0.4, 0.5) is 5.69 Å². The number of carbonyl (C=O) groups is 2. The molecule has 2 rings (SSSR count). The van der Waals surface area contributed by atoms with Gasteiger partial charge in [0.05, 0.1) is 12.6 Å². The molecular formula is C16H24N3O2+. The van der Waals surface area contributed by atoms with Crippen molar-refractivity contribution in [2.45, 2.75) is 32.2 Å². The van der Waals surface area contributed by atoms with E-state index in [0.717, 1.165) is 6.54 Å². The lowest BCUT2D eigenvalue weighted by atomic mass is 10.0. The molecule has 1 unspecified atom stereocenters. The number of hydrogen-bond acceptors (Lipinski definition) is 2. The highest BCUT2D eigenvalue weighted by atomic mass is 16.2. The molecular weight excluding hydrogens is 266 g/mol. The van der Waals surface area contributed by atoms with Crippen LogP contribution in [-0.2, 0) is 4.79 Å². The highest BCUT2D eigenvalue weighted by Crippen LogP contribution is 2.10. The minimum Gasteiger partial charge on any atom is -0.355 e. The van der Waals surface area contributed by atoms with Gasteiger partial charge in [-0.15, -0.1) is 0 Å². The van der Waals surface area contributed by atoms with Crippen molar-refractivity contribution in [3.63, 3.8) is 0 Å². The number of rotatable bonds is 4. The van der Waals surface area contributed by atoms with E-state index in [2.05, 4.69) is 17.6 Å². The number of anilines is 1. The van der Waals surface area contributed by atoms with Crippen LogP contribution in [0.2, 0.25) is 0 Å². The standard InChI is InChI=1S/C16H23N3O2/c1-12-6-3-4-9-19(12)11-15(20)18-14-8-5-7-13(10-14)16(21)17-2/h5,7-8,10,12H,3-4,6,9,11H2,1-2H3,(H,17,21)(H,18,20)/p+1/t12-/m1/s1. The summed E-state index contributed by atoms with van der Waals surface area (Å²) in [5.74, 6) is -0.144. The van der Waals surface area contributed by atoms with Gasteiger partial charge in [0, 0.05) is 18.3 Å². The smallest absolute Gasteiger partial charge is 0.279 e. The maximum Gasteiger partial charge on any atom is 0.279 e. The Morgan fingerprint density at radius 1 is 1.33 bits per heavy atom. The highest BCUT2D eigenvalue weighted by Gasteiger charge is 2.24. The fraction of sp³-hybridized carbons (Fsp3) is 0.500. The molecule has 0 aromatic heterocycles. The molecule has 1 fully saturated rings. The first-order chi connectivity index (χ1) is 10.1. The second-order valence-electron chi connectivity index (χ2n) is 5.69. The molecule has 3 N–H and O–H groups in total. The zero-order valence-electron chi connectivity index (χ0n) is 12.7. The lowest BCUT2D eigenvalue weighted by molar-refractivity contribution is -0.920. The number of piperidine rings is 1. The molecule has 1 aliphatic heterocycles. The maximum atomic E-state index is 12.1. The Kier molecular flexibility index (Phi) is 5.33. The zero-order chi connectivity index (χ0) is 15.2. The van der Waals surface area contributed by atoms with Gasteiger partial charge in [-0.05, 0) is 44.4 Å². The van der Waals surface area contributed by atoms with Gasteiger partial charge in [0.1, 0.15) is 0 Å². The van der Waals surface area contributed by atoms with Crippen LogP contribution in [0.3, 0.4) is 0 Å². The van der Waals surface area contributed by atoms with E-state index in [1.807, 2.05) is 0 Å². The second kappa shape index (κ2) is 7.22. The monoisotopic (exact) mass is 290 g/mol. The Bertz CT molecular complexity index is 516. The van der Waals surface area contributed by atoms with Crippen molar-refractivity contribution in [2.24, 2.45) is 0 Å². The largest absolute Gasteiger partial charge is 0.355 e. The van der Waals surface area contributed by atoms with E-state index in [1.165, 1.54) is 24.2 Å². The molecule has 1 heterocycles. The Hall–Kier alpha value is -1.88. The summed E-state index contributed by atoms with van der Waals surface area (Å²) >= 11 is 0. The topological polar surface area (TPSA) is 62.6 Å². The molecule has 2 atom stereocenters. The highest BCUT2D eigenvalue weighted by molar-refractivity contribution is 5.97. The summed E-state index contributed by atoms with van der Waals surface area (Å²) in [5, 5.41) is 5.47. The van der Waals surface area contributed by atoms with E-state index in [-0.39, 0.29) is 11.8 Å². The predicted molar refractivity (Wildman–Crippen MR) is 82.5 cm³/mol. The molecule has 1 aromatic carbocycles. The molecule has 21 heavy (non-hydrogen) atoms. The fourth-order valence-corrected chi connectivity index (χ4v) is 2.81. The van der Waals surface area contributed by atoms with Gasteiger partial charge < -0.3 is 15.5 Å². The third-order valence-corrected chi connectivity index (χ3v) is 4.11. The lowest BCUT2D eigenvalue weighted by Gasteiger charge is -2.29. The van der Waals surface area contributed by atoms with E-state index in [9.17, 15) is 9.59 Å². The summed E-state index contributed by atoms with van der Waals surface area (Å²) in [4.78, 5) is 25.1. The van der Waals surface area contributed by atoms with Gasteiger partial charge >= 0.3 is 0 Å². The Morgan fingerprint density at radius 2 is 2.14 bits per heavy atom. The molecule has 5 nitrogen and oxygen atoms in total. The Balaban J connectivity index is 1.94. The molecule has 2 amide bonds. The molecule has 114 valence electrons. The van der Waals surface area contributed by atoms with Crippen LogP contribution in [-0.4, -0.2) is 38.0 Å². The number of likely N-dealkylation sites (tertiary alicyclic amines) is 1. The summed E-state index contributed by atoms with van der Waals surface area (Å²) in [7, 11) is 1.59. The minimum atomic E-state index is -0.152. The van der Waals surface area contributed by atoms with Gasteiger partial charge in [0.15, 0.2) is 6.54 Å². The molecule has 5 heteroatoms. The number of benzene rings is 1. The van der Waals surface area contributed by atoms with Crippen LogP contribution in [0.1, 0.15) is 36.5 Å². The van der Waals surface area contributed by atoms with Gasteiger partial charge in [-0.3, -0.25) is 9.59 Å². The van der Waals surface area contributed by atoms with E-state index >= 15 is 0 Å². The zero-order valence-corrected chi connectivity index (χ0v) is 12.7. The third-order valence-electron chi connectivity index (χ3n) is 4.11. The van der Waals surface area contributed by atoms with Gasteiger partial charge in [0.25, 0.3) is 11.8 Å². The molecule has 0 aliphatic carbocycles. The molecule has 0 spiro atoms. The van der Waals surface area contributed by atoms with Crippen LogP contribution >= 0.6 is 0 Å². The van der Waals surface area contributed by atoms with E-state index < -0.39 is 0 Å². The predicted octanol–water partition coefficient (Wildman–Crippen LogP) is 0.442. The Morgan fingerprint density at radius 3 is 2.86 bits per heavy atom. The van der Waals surface area contributed by atoms with Crippen LogP contribution in [0.15, 0.2) is 24.3 Å². The van der Waals surface area contributed by atoms with Gasteiger partial charge in [0.2, 0.25) is 0 Å². The minimum absolute atomic E-state index is 0.00723. The van der Waals surface area contributed by atoms with Gasteiger partial charge in [-0.1, -0.05) is 6.07 Å². The van der Waals surface area contributed by atoms with Crippen molar-refractivity contribution >= 4 is 17.5 Å². The summed E-state index contributed by atoms with van der Waals surface area (Å²) in [6.45, 7) is 3.76. The van der Waals surface area contributed by atoms with Crippen LogP contribution in [0.25, 0.3) is 0 Å². The van der Waals surface area contributed by atoms with Gasteiger partial charge in [-0.2, -0.15) is 0 Å². The van der Waals surface area contributed by atoms with Crippen LogP contribution < -0.4 is 15.5 Å². The molecule has 1 saturated heterocycles. The first kappa shape index (κ1) is 15.5. The fourth-order valence-electron chi connectivity index (χ4n) is 2.81. The van der Waals surface area contributed by atoms with Crippen molar-refractivity contribution in [2.75, 3.05) is 25.5 Å². The molecule has 0 bridgehead atoms. The van der Waals surface area contributed by atoms with E-state index in [4.69, 9.17) is 0 Å². The first-order valence-corrected chi connectivity index (χ1v) is 7.56. The molecule has 1 aliphatic rings. The van der Waals surface area contributed by atoms with Crippen LogP contribution in [0, 0.1) is 0 Å². The number of nitrogens with one attached hydrogen (secondary N) is 3. The number of quaternary nitrogens is 1. The van der Waals surface area contributed by atoms with Crippen molar-refractivity contribution < 1.29 is 14.5 Å². The lowest BCUT2D eigenvalue weighted by Crippen LogP contribution is -3.17. The van der Waals surface area contributed by atoms with Crippen molar-refractivity contribution in [3.8, 4) is 0 Å². The maximum absolute atomic E-state index is 12.1. The molecule has 0 saturated carbocycles. The average Bonchev–Trinajstić information content (AvgIpc) is 2.49. The summed E-state index contributed by atoms with van der Waals surface area (Å²) in [6.07, 6.45) is 3.65. The van der Waals surface area contributed by atoms with E-state index in [1.54, 1.807) is 31.3 Å². The average molecular weight is 290 g/mol. The first-order valence-electron chi connectivity index (χ1n) is 7.56. The van der Waals surface area contributed by atoms with E-state index in [0.29, 0.717) is 23.8 Å².